The van der Waals surface area contributed by atoms with Crippen molar-refractivity contribution >= 4 is 15.9 Å². The first kappa shape index (κ1) is 15.0. The van der Waals surface area contributed by atoms with Crippen LogP contribution >= 0.6 is 15.9 Å². The molecule has 2 aromatic rings. The third-order valence-electron chi connectivity index (χ3n) is 3.34. The van der Waals surface area contributed by atoms with E-state index in [2.05, 4.69) is 51.4 Å². The molecule has 1 N–H and O–H groups in total. The molecular weight excluding hydrogens is 316 g/mol. The second-order valence-electron chi connectivity index (χ2n) is 4.80. The maximum Gasteiger partial charge on any atom is 0.122 e. The maximum atomic E-state index is 5.45. The smallest absolute Gasteiger partial charge is 0.122 e. The lowest BCUT2D eigenvalue weighted by atomic mass is 9.98. The molecule has 0 aliphatic rings. The topological polar surface area (TPSA) is 34.1 Å². The van der Waals surface area contributed by atoms with Gasteiger partial charge in [-0.1, -0.05) is 17.7 Å². The van der Waals surface area contributed by atoms with Gasteiger partial charge in [-0.25, -0.2) is 0 Å². The minimum Gasteiger partial charge on any atom is -0.496 e. The normalized spacial score (nSPS) is 12.2. The number of hydrogen-bond acceptors (Lipinski definition) is 3. The molecule has 4 heteroatoms. The van der Waals surface area contributed by atoms with Gasteiger partial charge in [0, 0.05) is 22.9 Å². The molecule has 0 fully saturated rings. The van der Waals surface area contributed by atoms with E-state index in [-0.39, 0.29) is 6.04 Å². The van der Waals surface area contributed by atoms with E-state index in [0.717, 1.165) is 22.2 Å². The van der Waals surface area contributed by atoms with Gasteiger partial charge in [-0.05, 0) is 59.6 Å². The zero-order chi connectivity index (χ0) is 14.5. The number of aromatic nitrogens is 1. The summed E-state index contributed by atoms with van der Waals surface area (Å²) >= 11 is 3.47. The van der Waals surface area contributed by atoms with E-state index in [4.69, 9.17) is 4.74 Å². The first-order valence-corrected chi connectivity index (χ1v) is 7.34. The monoisotopic (exact) mass is 334 g/mol. The molecule has 0 aliphatic heterocycles. The third kappa shape index (κ3) is 3.58. The molecule has 1 heterocycles. The Hall–Kier alpha value is -1.39. The summed E-state index contributed by atoms with van der Waals surface area (Å²) in [7, 11) is 3.68. The molecular formula is C16H19BrN2O. The Labute approximate surface area is 128 Å². The average Bonchev–Trinajstić information content (AvgIpc) is 2.45. The van der Waals surface area contributed by atoms with Crippen LogP contribution in [0.2, 0.25) is 0 Å². The van der Waals surface area contributed by atoms with Crippen molar-refractivity contribution in [1.82, 2.24) is 10.3 Å². The summed E-state index contributed by atoms with van der Waals surface area (Å²) in [5.74, 6) is 0.929. The molecule has 0 amide bonds. The zero-order valence-corrected chi connectivity index (χ0v) is 13.6. The summed E-state index contributed by atoms with van der Waals surface area (Å²) in [5.41, 5.74) is 3.60. The van der Waals surface area contributed by atoms with Crippen molar-refractivity contribution in [2.24, 2.45) is 0 Å². The Balaban J connectivity index is 2.28. The molecule has 3 nitrogen and oxygen atoms in total. The molecule has 0 saturated heterocycles. The number of ether oxygens (including phenoxy) is 1. The highest BCUT2D eigenvalue weighted by Gasteiger charge is 2.14. The third-order valence-corrected chi connectivity index (χ3v) is 3.77. The second-order valence-corrected chi connectivity index (χ2v) is 5.71. The summed E-state index contributed by atoms with van der Waals surface area (Å²) in [4.78, 5) is 4.24. The molecule has 1 atom stereocenters. The van der Waals surface area contributed by atoms with E-state index in [9.17, 15) is 0 Å². The Morgan fingerprint density at radius 3 is 2.75 bits per heavy atom. The molecule has 1 aromatic heterocycles. The van der Waals surface area contributed by atoms with Crippen LogP contribution in [-0.2, 0) is 6.42 Å². The fraction of sp³-hybridized carbons (Fsp3) is 0.312. The van der Waals surface area contributed by atoms with Gasteiger partial charge in [-0.3, -0.25) is 4.98 Å². The van der Waals surface area contributed by atoms with Crippen LogP contribution in [0.3, 0.4) is 0 Å². The number of aryl methyl sites for hydroxylation is 1. The number of methoxy groups -OCH3 is 1. The van der Waals surface area contributed by atoms with Crippen LogP contribution in [0.1, 0.15) is 22.7 Å². The first-order chi connectivity index (χ1) is 9.63. The van der Waals surface area contributed by atoms with Gasteiger partial charge >= 0.3 is 0 Å². The number of nitrogens with one attached hydrogen (secondary N) is 1. The van der Waals surface area contributed by atoms with Crippen LogP contribution in [-0.4, -0.2) is 19.1 Å². The summed E-state index contributed by atoms with van der Waals surface area (Å²) in [5, 5.41) is 3.35. The lowest BCUT2D eigenvalue weighted by Crippen LogP contribution is -2.19. The lowest BCUT2D eigenvalue weighted by Gasteiger charge is -2.18. The molecule has 106 valence electrons. The second kappa shape index (κ2) is 6.86. The predicted octanol–water partition coefficient (Wildman–Crippen LogP) is 3.66. The van der Waals surface area contributed by atoms with E-state index in [0.29, 0.717) is 0 Å². The molecule has 0 spiro atoms. The molecule has 20 heavy (non-hydrogen) atoms. The van der Waals surface area contributed by atoms with Crippen LogP contribution < -0.4 is 10.1 Å². The first-order valence-electron chi connectivity index (χ1n) is 6.55. The number of likely N-dealkylation sites (N-methyl/N-ethyl adjacent to an activating group) is 1. The highest BCUT2D eigenvalue weighted by atomic mass is 79.9. The molecule has 1 aromatic carbocycles. The molecule has 1 unspecified atom stereocenters. The van der Waals surface area contributed by atoms with Gasteiger partial charge < -0.3 is 10.1 Å². The van der Waals surface area contributed by atoms with Gasteiger partial charge in [0.05, 0.1) is 7.11 Å². The van der Waals surface area contributed by atoms with Gasteiger partial charge in [-0.2, -0.15) is 0 Å². The van der Waals surface area contributed by atoms with E-state index in [1.54, 1.807) is 13.3 Å². The molecule has 2 rings (SSSR count). The highest BCUT2D eigenvalue weighted by molar-refractivity contribution is 9.10. The van der Waals surface area contributed by atoms with Crippen molar-refractivity contribution in [2.45, 2.75) is 19.4 Å². The van der Waals surface area contributed by atoms with E-state index in [1.165, 1.54) is 11.1 Å². The number of halogens is 1. The maximum absolute atomic E-state index is 5.45. The van der Waals surface area contributed by atoms with Crippen LogP contribution in [0.25, 0.3) is 0 Å². The van der Waals surface area contributed by atoms with Crippen molar-refractivity contribution in [2.75, 3.05) is 14.2 Å². The number of rotatable bonds is 5. The van der Waals surface area contributed by atoms with Crippen LogP contribution in [0.15, 0.2) is 41.1 Å². The van der Waals surface area contributed by atoms with Gasteiger partial charge in [0.1, 0.15) is 5.75 Å². The zero-order valence-electron chi connectivity index (χ0n) is 12.0. The van der Waals surface area contributed by atoms with Crippen LogP contribution in [0, 0.1) is 6.92 Å². The van der Waals surface area contributed by atoms with Crippen molar-refractivity contribution in [3.63, 3.8) is 0 Å². The molecule has 0 aliphatic carbocycles. The Bertz CT molecular complexity index is 586. The minimum atomic E-state index is 0.204. The highest BCUT2D eigenvalue weighted by Crippen LogP contribution is 2.26. The van der Waals surface area contributed by atoms with E-state index < -0.39 is 0 Å². The number of hydrogen-bond donors (Lipinski definition) is 1. The fourth-order valence-electron chi connectivity index (χ4n) is 2.29. The van der Waals surface area contributed by atoms with Crippen molar-refractivity contribution < 1.29 is 4.74 Å². The summed E-state index contributed by atoms with van der Waals surface area (Å²) in [6, 6.07) is 8.56. The van der Waals surface area contributed by atoms with E-state index in [1.807, 2.05) is 19.3 Å². The minimum absolute atomic E-state index is 0.204. The van der Waals surface area contributed by atoms with Gasteiger partial charge in [0.2, 0.25) is 0 Å². The van der Waals surface area contributed by atoms with Crippen LogP contribution in [0.5, 0.6) is 5.75 Å². The SMILES string of the molecule is CNC(Cc1cc(C)ccc1OC)c1cncc(Br)c1. The summed E-state index contributed by atoms with van der Waals surface area (Å²) in [6.07, 6.45) is 4.55. The van der Waals surface area contributed by atoms with E-state index >= 15 is 0 Å². The quantitative estimate of drug-likeness (QED) is 0.905. The van der Waals surface area contributed by atoms with Crippen molar-refractivity contribution in [3.8, 4) is 5.75 Å². The standard InChI is InChI=1S/C16H19BrN2O/c1-11-4-5-16(20-3)12(6-11)8-15(18-2)13-7-14(17)10-19-9-13/h4-7,9-10,15,18H,8H2,1-3H3. The van der Waals surface area contributed by atoms with Crippen molar-refractivity contribution in [3.05, 3.63) is 57.8 Å². The summed E-state index contributed by atoms with van der Waals surface area (Å²) in [6.45, 7) is 2.10. The Kier molecular flexibility index (Phi) is 5.15. The Morgan fingerprint density at radius 1 is 1.30 bits per heavy atom. The van der Waals surface area contributed by atoms with Gasteiger partial charge in [0.25, 0.3) is 0 Å². The molecule has 0 bridgehead atoms. The largest absolute Gasteiger partial charge is 0.496 e. The van der Waals surface area contributed by atoms with Gasteiger partial charge in [0.15, 0.2) is 0 Å². The fourth-order valence-corrected chi connectivity index (χ4v) is 2.67. The predicted molar refractivity (Wildman–Crippen MR) is 85.2 cm³/mol. The molecule has 0 radical (unpaired) electrons. The van der Waals surface area contributed by atoms with Gasteiger partial charge in [-0.15, -0.1) is 0 Å². The summed E-state index contributed by atoms with van der Waals surface area (Å²) < 4.78 is 6.44. The van der Waals surface area contributed by atoms with Crippen LogP contribution in [0.4, 0.5) is 0 Å². The lowest BCUT2D eigenvalue weighted by molar-refractivity contribution is 0.406. The number of pyridine rings is 1. The Morgan fingerprint density at radius 2 is 2.10 bits per heavy atom. The number of benzene rings is 1. The molecule has 0 saturated carbocycles. The van der Waals surface area contributed by atoms with Crippen molar-refractivity contribution in [1.29, 1.82) is 0 Å². The number of nitrogens with zero attached hydrogens (tertiary/aromatic N) is 1. The average molecular weight is 335 g/mol.